The number of hydrogen-bond donors (Lipinski definition) is 2. The van der Waals surface area contributed by atoms with E-state index in [4.69, 9.17) is 5.73 Å². The molecular formula is C10H13N3O. The van der Waals surface area contributed by atoms with Crippen LogP contribution >= 0.6 is 0 Å². The van der Waals surface area contributed by atoms with E-state index in [0.29, 0.717) is 5.82 Å². The number of carbonyl (C=O) groups excluding carboxylic acids is 1. The second-order valence-corrected chi connectivity index (χ2v) is 2.92. The molecule has 14 heavy (non-hydrogen) atoms. The molecule has 1 rings (SSSR count). The van der Waals surface area contributed by atoms with E-state index >= 15 is 0 Å². The molecule has 1 aromatic heterocycles. The van der Waals surface area contributed by atoms with Crippen molar-refractivity contribution in [1.82, 2.24) is 4.98 Å². The average molecular weight is 191 g/mol. The van der Waals surface area contributed by atoms with Crippen molar-refractivity contribution in [3.8, 4) is 0 Å². The molecular weight excluding hydrogens is 178 g/mol. The molecule has 4 heteroatoms. The normalized spacial score (nSPS) is 11.9. The van der Waals surface area contributed by atoms with Crippen LogP contribution in [0, 0.1) is 0 Å². The molecule has 4 nitrogen and oxygen atoms in total. The highest BCUT2D eigenvalue weighted by Gasteiger charge is 2.02. The lowest BCUT2D eigenvalue weighted by Gasteiger charge is -2.06. The first-order valence-electron chi connectivity index (χ1n) is 4.25. The van der Waals surface area contributed by atoms with Gasteiger partial charge in [-0.2, -0.15) is 0 Å². The van der Waals surface area contributed by atoms with Gasteiger partial charge in [0.25, 0.3) is 0 Å². The van der Waals surface area contributed by atoms with Gasteiger partial charge in [0, 0.05) is 19.2 Å². The molecule has 1 heterocycles. The van der Waals surface area contributed by atoms with Crippen LogP contribution in [-0.4, -0.2) is 10.9 Å². The molecule has 0 aliphatic heterocycles. The molecule has 3 N–H and O–H groups in total. The first kappa shape index (κ1) is 10.4. The van der Waals surface area contributed by atoms with E-state index in [2.05, 4.69) is 16.9 Å². The lowest BCUT2D eigenvalue weighted by Crippen LogP contribution is -2.09. The highest BCUT2D eigenvalue weighted by molar-refractivity contribution is 5.87. The molecule has 0 aromatic carbocycles. The summed E-state index contributed by atoms with van der Waals surface area (Å²) in [5.74, 6) is 0.385. The van der Waals surface area contributed by atoms with Gasteiger partial charge in [-0.15, -0.1) is 6.58 Å². The van der Waals surface area contributed by atoms with Crippen molar-refractivity contribution in [2.75, 3.05) is 5.32 Å². The maximum Gasteiger partial charge on any atom is 0.222 e. The molecule has 0 radical (unpaired) electrons. The van der Waals surface area contributed by atoms with Gasteiger partial charge in [0.1, 0.15) is 5.82 Å². The number of carbonyl (C=O) groups is 1. The molecule has 0 bridgehead atoms. The van der Waals surface area contributed by atoms with Gasteiger partial charge in [0.15, 0.2) is 0 Å². The summed E-state index contributed by atoms with van der Waals surface area (Å²) in [4.78, 5) is 14.7. The number of nitrogens with one attached hydrogen (secondary N) is 1. The van der Waals surface area contributed by atoms with Crippen LogP contribution < -0.4 is 11.1 Å². The first-order valence-corrected chi connectivity index (χ1v) is 4.25. The van der Waals surface area contributed by atoms with Crippen LogP contribution in [0.3, 0.4) is 0 Å². The topological polar surface area (TPSA) is 68.0 Å². The number of amides is 1. The third kappa shape index (κ3) is 2.67. The zero-order valence-electron chi connectivity index (χ0n) is 8.03. The van der Waals surface area contributed by atoms with Crippen LogP contribution in [0.4, 0.5) is 5.82 Å². The van der Waals surface area contributed by atoms with Crippen molar-refractivity contribution in [1.29, 1.82) is 0 Å². The molecule has 1 aromatic rings. The Labute approximate surface area is 82.8 Å². The quantitative estimate of drug-likeness (QED) is 0.706. The predicted molar refractivity (Wildman–Crippen MR) is 55.7 cm³/mol. The second kappa shape index (κ2) is 4.53. The van der Waals surface area contributed by atoms with Gasteiger partial charge in [-0.05, 0) is 11.6 Å². The molecule has 0 fully saturated rings. The van der Waals surface area contributed by atoms with Crippen LogP contribution in [0.2, 0.25) is 0 Å². The number of aromatic nitrogens is 1. The third-order valence-electron chi connectivity index (χ3n) is 1.73. The van der Waals surface area contributed by atoms with Crippen LogP contribution in [0.1, 0.15) is 18.5 Å². The van der Waals surface area contributed by atoms with Gasteiger partial charge in [-0.25, -0.2) is 4.98 Å². The zero-order valence-corrected chi connectivity index (χ0v) is 8.03. The summed E-state index contributed by atoms with van der Waals surface area (Å²) in [5, 5.41) is 2.57. The molecule has 0 spiro atoms. The Hall–Kier alpha value is -1.68. The monoisotopic (exact) mass is 191 g/mol. The van der Waals surface area contributed by atoms with Crippen molar-refractivity contribution < 1.29 is 4.79 Å². The van der Waals surface area contributed by atoms with Crippen molar-refractivity contribution >= 4 is 11.7 Å². The fourth-order valence-corrected chi connectivity index (χ4v) is 0.993. The van der Waals surface area contributed by atoms with Crippen LogP contribution in [0.15, 0.2) is 31.0 Å². The van der Waals surface area contributed by atoms with Crippen molar-refractivity contribution in [2.24, 2.45) is 5.73 Å². The summed E-state index contributed by atoms with van der Waals surface area (Å²) in [6, 6.07) is 3.30. The summed E-state index contributed by atoms with van der Waals surface area (Å²) in [6.45, 7) is 5.02. The summed E-state index contributed by atoms with van der Waals surface area (Å²) < 4.78 is 0. The second-order valence-electron chi connectivity index (χ2n) is 2.92. The molecule has 0 aliphatic rings. The molecule has 0 unspecified atom stereocenters. The average Bonchev–Trinajstić information content (AvgIpc) is 2.17. The fraction of sp³-hybridized carbons (Fsp3) is 0.200. The van der Waals surface area contributed by atoms with E-state index in [9.17, 15) is 4.79 Å². The lowest BCUT2D eigenvalue weighted by molar-refractivity contribution is -0.114. The van der Waals surface area contributed by atoms with Gasteiger partial charge in [0.2, 0.25) is 5.91 Å². The summed E-state index contributed by atoms with van der Waals surface area (Å²) in [6.07, 6.45) is 3.26. The SMILES string of the molecule is C=C[C@@H](N)c1ccc(NC(C)=O)nc1. The molecule has 0 saturated heterocycles. The Morgan fingerprint density at radius 3 is 2.86 bits per heavy atom. The van der Waals surface area contributed by atoms with Crippen LogP contribution in [-0.2, 0) is 4.79 Å². The Bertz CT molecular complexity index is 332. The van der Waals surface area contributed by atoms with Crippen molar-refractivity contribution in [3.05, 3.63) is 36.5 Å². The third-order valence-corrected chi connectivity index (χ3v) is 1.73. The number of pyridine rings is 1. The minimum absolute atomic E-state index is 0.140. The van der Waals surface area contributed by atoms with Gasteiger partial charge in [0.05, 0.1) is 0 Å². The van der Waals surface area contributed by atoms with E-state index < -0.39 is 0 Å². The predicted octanol–water partition coefficient (Wildman–Crippen LogP) is 1.23. The Morgan fingerprint density at radius 1 is 1.71 bits per heavy atom. The molecule has 0 aliphatic carbocycles. The van der Waals surface area contributed by atoms with E-state index in [1.165, 1.54) is 6.92 Å². The fourth-order valence-electron chi connectivity index (χ4n) is 0.993. The van der Waals surface area contributed by atoms with E-state index in [-0.39, 0.29) is 11.9 Å². The first-order chi connectivity index (χ1) is 6.63. The lowest BCUT2D eigenvalue weighted by atomic mass is 10.1. The minimum atomic E-state index is -0.214. The highest BCUT2D eigenvalue weighted by atomic mass is 16.1. The summed E-state index contributed by atoms with van der Waals surface area (Å²) in [7, 11) is 0. The van der Waals surface area contributed by atoms with Gasteiger partial charge in [-0.3, -0.25) is 4.79 Å². The molecule has 1 atom stereocenters. The Balaban J connectivity index is 2.78. The Kier molecular flexibility index (Phi) is 3.36. The number of hydrogen-bond acceptors (Lipinski definition) is 3. The van der Waals surface area contributed by atoms with Crippen LogP contribution in [0.5, 0.6) is 0 Å². The number of nitrogens with two attached hydrogens (primary N) is 1. The van der Waals surface area contributed by atoms with Gasteiger partial charge >= 0.3 is 0 Å². The summed E-state index contributed by atoms with van der Waals surface area (Å²) >= 11 is 0. The number of nitrogens with zero attached hydrogens (tertiary/aromatic N) is 1. The van der Waals surface area contributed by atoms with E-state index in [1.54, 1.807) is 18.3 Å². The highest BCUT2D eigenvalue weighted by Crippen LogP contribution is 2.11. The van der Waals surface area contributed by atoms with Crippen LogP contribution in [0.25, 0.3) is 0 Å². The van der Waals surface area contributed by atoms with Gasteiger partial charge in [-0.1, -0.05) is 12.1 Å². The number of rotatable bonds is 3. The maximum absolute atomic E-state index is 10.7. The minimum Gasteiger partial charge on any atom is -0.321 e. The maximum atomic E-state index is 10.7. The van der Waals surface area contributed by atoms with E-state index in [1.807, 2.05) is 6.07 Å². The Morgan fingerprint density at radius 2 is 2.43 bits per heavy atom. The van der Waals surface area contributed by atoms with Gasteiger partial charge < -0.3 is 11.1 Å². The zero-order chi connectivity index (χ0) is 10.6. The molecule has 74 valence electrons. The number of anilines is 1. The largest absolute Gasteiger partial charge is 0.321 e. The molecule has 0 saturated carbocycles. The summed E-state index contributed by atoms with van der Waals surface area (Å²) in [5.41, 5.74) is 6.57. The van der Waals surface area contributed by atoms with E-state index in [0.717, 1.165) is 5.56 Å². The smallest absolute Gasteiger partial charge is 0.222 e. The standard InChI is InChI=1S/C10H13N3O/c1-3-9(11)8-4-5-10(12-6-8)13-7(2)14/h3-6,9H,1,11H2,2H3,(H,12,13,14)/t9-/m1/s1. The van der Waals surface area contributed by atoms with Crippen molar-refractivity contribution in [2.45, 2.75) is 13.0 Å². The van der Waals surface area contributed by atoms with Crippen molar-refractivity contribution in [3.63, 3.8) is 0 Å². The molecule has 1 amide bonds.